The molecule has 0 aromatic heterocycles. The van der Waals surface area contributed by atoms with Crippen molar-refractivity contribution in [3.05, 3.63) is 0 Å². The quantitative estimate of drug-likeness (QED) is 0.0773. The van der Waals surface area contributed by atoms with E-state index in [1.165, 1.54) is 0 Å². The minimum atomic E-state index is -2.68. The fourth-order valence-corrected chi connectivity index (χ4v) is 7.10. The first-order chi connectivity index (χ1) is 26.5. The third-order valence-corrected chi connectivity index (χ3v) is 10.4. The van der Waals surface area contributed by atoms with E-state index >= 15 is 0 Å². The first-order valence-corrected chi connectivity index (χ1v) is 17.6. The Labute approximate surface area is 316 Å². The number of aliphatic hydroxyl groups excluding tert-OH is 17. The predicted octanol–water partition coefficient (Wildman–Crippen LogP) is -11.9. The zero-order valence-corrected chi connectivity index (χ0v) is 29.3. The Morgan fingerprint density at radius 3 is 1.12 bits per heavy atom. The Hall–Kier alpha value is -1.04. The van der Waals surface area contributed by atoms with E-state index in [4.69, 9.17) is 42.6 Å². The molecule has 5 rings (SSSR count). The van der Waals surface area contributed by atoms with E-state index < -0.39 is 187 Å². The second-order valence-electron chi connectivity index (χ2n) is 14.0. The molecule has 5 aliphatic rings. The number of aliphatic hydroxyl groups is 17. The van der Waals surface area contributed by atoms with Gasteiger partial charge in [0.2, 0.25) is 5.79 Å². The van der Waals surface area contributed by atoms with Crippen molar-refractivity contribution < 1.29 is 129 Å². The summed E-state index contributed by atoms with van der Waals surface area (Å²) >= 11 is 0. The lowest BCUT2D eigenvalue weighted by molar-refractivity contribution is -0.411. The molecule has 5 aliphatic heterocycles. The van der Waals surface area contributed by atoms with Gasteiger partial charge >= 0.3 is 0 Å². The van der Waals surface area contributed by atoms with Gasteiger partial charge in [-0.25, -0.2) is 0 Å². The molecule has 0 unspecified atom stereocenters. The molecule has 5 saturated heterocycles. The van der Waals surface area contributed by atoms with Crippen LogP contribution in [0.2, 0.25) is 0 Å². The number of hydrogen-bond donors (Lipinski definition) is 17. The van der Waals surface area contributed by atoms with E-state index in [0.29, 0.717) is 0 Å². The molecule has 17 N–H and O–H groups in total. The van der Waals surface area contributed by atoms with Crippen LogP contribution in [0.3, 0.4) is 0 Å². The summed E-state index contributed by atoms with van der Waals surface area (Å²) in [6.07, 6.45) is -42.9. The normalized spacial score (nSPS) is 53.0. The summed E-state index contributed by atoms with van der Waals surface area (Å²) in [6.45, 7) is -5.88. The van der Waals surface area contributed by atoms with Gasteiger partial charge in [0.1, 0.15) is 123 Å². The Kier molecular flexibility index (Phi) is 15.7. The molecule has 56 heavy (non-hydrogen) atoms. The summed E-state index contributed by atoms with van der Waals surface area (Å²) < 4.78 is 49.8. The SMILES string of the molecule is OC[C@H]1O[C@@](CO)(O[C@@H]2O[C@H](CO)[C@@H](O[C@@H]3O[C@H](CO)[C@@H](O)[C@H](O)[C@H]3O)[C@H](O)[C@H]2O)[C@@H](O[C@H]2O[C@H](CO)[C@@H](O[C@H]3O[C@H](CO)[C@@H](O)[C@H](O)[C@H]3O)[C@H](O)[C@H]2O)[C@@H]1O. The highest BCUT2D eigenvalue weighted by Gasteiger charge is 2.62. The van der Waals surface area contributed by atoms with E-state index in [-0.39, 0.29) is 0 Å². The zero-order valence-electron chi connectivity index (χ0n) is 29.3. The Balaban J connectivity index is 1.32. The fourth-order valence-electron chi connectivity index (χ4n) is 7.10. The molecule has 0 aromatic carbocycles. The zero-order chi connectivity index (χ0) is 41.4. The first-order valence-electron chi connectivity index (χ1n) is 17.6. The van der Waals surface area contributed by atoms with Crippen molar-refractivity contribution in [3.63, 3.8) is 0 Å². The molecule has 26 heteroatoms. The maximum atomic E-state index is 11.1. The second-order valence-corrected chi connectivity index (χ2v) is 14.0. The lowest BCUT2D eigenvalue weighted by atomic mass is 9.96. The van der Waals surface area contributed by atoms with Crippen molar-refractivity contribution >= 4 is 0 Å². The highest BCUT2D eigenvalue weighted by Crippen LogP contribution is 2.41. The molecule has 0 spiro atoms. The molecule has 0 saturated carbocycles. The van der Waals surface area contributed by atoms with Crippen molar-refractivity contribution in [1.29, 1.82) is 0 Å². The summed E-state index contributed by atoms with van der Waals surface area (Å²) in [5, 5.41) is 176. The number of rotatable bonds is 14. The van der Waals surface area contributed by atoms with Crippen LogP contribution in [0.1, 0.15) is 0 Å². The van der Waals surface area contributed by atoms with E-state index in [1.807, 2.05) is 0 Å². The van der Waals surface area contributed by atoms with Gasteiger partial charge in [-0.15, -0.1) is 0 Å². The average Bonchev–Trinajstić information content (AvgIpc) is 3.46. The monoisotopic (exact) mass is 828 g/mol. The summed E-state index contributed by atoms with van der Waals surface area (Å²) in [5.41, 5.74) is 0. The molecule has 0 aromatic rings. The van der Waals surface area contributed by atoms with E-state index in [0.717, 1.165) is 0 Å². The van der Waals surface area contributed by atoms with E-state index in [9.17, 15) is 86.8 Å². The molecule has 0 aliphatic carbocycles. The fraction of sp³-hybridized carbons (Fsp3) is 1.00. The minimum absolute atomic E-state index is 0.829. The topological polar surface area (TPSA) is 427 Å². The van der Waals surface area contributed by atoms with E-state index in [2.05, 4.69) is 0 Å². The van der Waals surface area contributed by atoms with Gasteiger partial charge in [0.05, 0.1) is 33.0 Å². The Bertz CT molecular complexity index is 1220. The van der Waals surface area contributed by atoms with Crippen LogP contribution in [0.5, 0.6) is 0 Å². The summed E-state index contributed by atoms with van der Waals surface area (Å²) in [6, 6.07) is 0. The highest BCUT2D eigenvalue weighted by atomic mass is 16.8. The summed E-state index contributed by atoms with van der Waals surface area (Å²) in [7, 11) is 0. The molecular weight excluding hydrogens is 776 g/mol. The van der Waals surface area contributed by atoms with Crippen molar-refractivity contribution in [2.75, 3.05) is 39.6 Å². The standard InChI is InChI=1S/C30H52O26/c31-1-7-12(37)15(40)19(44)26(48-7)52-23-10(4-34)50-28(21(46)17(23)42)54-25-14(39)9(3-33)55-30(25,6-36)56-29-22(47)18(43)24(11(5-35)51-29)53-27-20(45)16(41)13(38)8(2-32)49-27/h7-29,31-47H,1-6H2/t7-,8-,9-,10-,11-,12-,13-,14-,15+,16+,17-,18-,19-,20-,21-,22-,23-,24-,25+,26-,27+,28-,29+,30+/m1/s1. The van der Waals surface area contributed by atoms with Crippen LogP contribution in [-0.4, -0.2) is 273 Å². The molecule has 5 fully saturated rings. The van der Waals surface area contributed by atoms with Crippen LogP contribution in [0.25, 0.3) is 0 Å². The Morgan fingerprint density at radius 2 is 0.714 bits per heavy atom. The third-order valence-electron chi connectivity index (χ3n) is 10.4. The van der Waals surface area contributed by atoms with Gasteiger partial charge in [-0.1, -0.05) is 0 Å². The van der Waals surface area contributed by atoms with Gasteiger partial charge in [0.15, 0.2) is 25.2 Å². The highest BCUT2D eigenvalue weighted by molar-refractivity contribution is 5.02. The molecule has 0 amide bonds. The average molecular weight is 829 g/mol. The smallest absolute Gasteiger partial charge is 0.224 e. The van der Waals surface area contributed by atoms with Crippen molar-refractivity contribution in [1.82, 2.24) is 0 Å². The third kappa shape index (κ3) is 8.73. The lowest BCUT2D eigenvalue weighted by Crippen LogP contribution is -2.67. The van der Waals surface area contributed by atoms with Crippen LogP contribution >= 0.6 is 0 Å². The molecule has 328 valence electrons. The molecular formula is C30H52O26. The summed E-state index contributed by atoms with van der Waals surface area (Å²) in [4.78, 5) is 0. The van der Waals surface area contributed by atoms with Crippen LogP contribution < -0.4 is 0 Å². The van der Waals surface area contributed by atoms with Crippen LogP contribution in [0.15, 0.2) is 0 Å². The molecule has 26 nitrogen and oxygen atoms in total. The number of ether oxygens (including phenoxy) is 9. The van der Waals surface area contributed by atoms with Crippen LogP contribution in [0, 0.1) is 0 Å². The van der Waals surface area contributed by atoms with Gasteiger partial charge in [0.25, 0.3) is 0 Å². The van der Waals surface area contributed by atoms with Crippen LogP contribution in [0.4, 0.5) is 0 Å². The molecule has 5 heterocycles. The van der Waals surface area contributed by atoms with Crippen molar-refractivity contribution in [3.8, 4) is 0 Å². The maximum absolute atomic E-state index is 11.1. The lowest BCUT2D eigenvalue weighted by Gasteiger charge is -2.48. The van der Waals surface area contributed by atoms with E-state index in [1.54, 1.807) is 0 Å². The van der Waals surface area contributed by atoms with Gasteiger partial charge in [0, 0.05) is 0 Å². The Morgan fingerprint density at radius 1 is 0.357 bits per heavy atom. The van der Waals surface area contributed by atoms with Crippen molar-refractivity contribution in [2.24, 2.45) is 0 Å². The molecule has 24 atom stereocenters. The molecule has 0 radical (unpaired) electrons. The van der Waals surface area contributed by atoms with Crippen molar-refractivity contribution in [2.45, 2.75) is 147 Å². The molecule has 0 bridgehead atoms. The number of hydrogen-bond acceptors (Lipinski definition) is 26. The van der Waals surface area contributed by atoms with Crippen LogP contribution in [-0.2, 0) is 42.6 Å². The maximum Gasteiger partial charge on any atom is 0.224 e. The van der Waals surface area contributed by atoms with Gasteiger partial charge in [-0.2, -0.15) is 0 Å². The van der Waals surface area contributed by atoms with Gasteiger partial charge < -0.3 is 129 Å². The second kappa shape index (κ2) is 19.1. The van der Waals surface area contributed by atoms with Gasteiger partial charge in [-0.05, 0) is 0 Å². The minimum Gasteiger partial charge on any atom is -0.394 e. The van der Waals surface area contributed by atoms with Gasteiger partial charge in [-0.3, -0.25) is 0 Å². The first kappa shape index (κ1) is 46.0. The largest absolute Gasteiger partial charge is 0.394 e. The summed E-state index contributed by atoms with van der Waals surface area (Å²) in [5.74, 6) is -2.68. The predicted molar refractivity (Wildman–Crippen MR) is 167 cm³/mol.